The van der Waals surface area contributed by atoms with Crippen LogP contribution in [0.25, 0.3) is 10.9 Å². The molecule has 0 bridgehead atoms. The van der Waals surface area contributed by atoms with Gasteiger partial charge in [0.25, 0.3) is 0 Å². The minimum atomic E-state index is -0.267. The number of aromatic nitrogens is 1. The highest BCUT2D eigenvalue weighted by Gasteiger charge is 2.15. The van der Waals surface area contributed by atoms with Gasteiger partial charge in [-0.15, -0.1) is 0 Å². The molecule has 6 nitrogen and oxygen atoms in total. The number of benzene rings is 2. The molecular formula is C21H16Br2N4O2. The number of anilines is 3. The smallest absolute Gasteiger partial charge is 0.248 e. The molecule has 1 aromatic heterocycles. The molecule has 2 N–H and O–H groups in total. The Bertz CT molecular complexity index is 1140. The van der Waals surface area contributed by atoms with Gasteiger partial charge in [0.05, 0.1) is 18.4 Å². The third-order valence-corrected chi connectivity index (χ3v) is 4.86. The molecule has 3 aromatic rings. The van der Waals surface area contributed by atoms with Gasteiger partial charge in [0.1, 0.15) is 17.3 Å². The molecule has 0 spiro atoms. The first-order valence-corrected chi connectivity index (χ1v) is 10.4. The Hall–Kier alpha value is -2.89. The minimum absolute atomic E-state index is 0.267. The van der Waals surface area contributed by atoms with Crippen LogP contribution in [0, 0.1) is 11.3 Å². The monoisotopic (exact) mass is 514 g/mol. The van der Waals surface area contributed by atoms with Crippen LogP contribution in [0.4, 0.5) is 17.1 Å². The largest absolute Gasteiger partial charge is 0.494 e. The summed E-state index contributed by atoms with van der Waals surface area (Å²) < 4.78 is 6.38. The van der Waals surface area contributed by atoms with Gasteiger partial charge in [-0.1, -0.05) is 44.0 Å². The SMILES string of the molecule is COc1cc(NC(=O)/C=C/CBr)cc2c(Nc3cccc(Br)c3)c(C#N)cnc12. The van der Waals surface area contributed by atoms with E-state index in [1.807, 2.05) is 24.3 Å². The average molecular weight is 516 g/mol. The van der Waals surface area contributed by atoms with Crippen molar-refractivity contribution in [1.29, 1.82) is 5.26 Å². The van der Waals surface area contributed by atoms with E-state index in [0.29, 0.717) is 38.9 Å². The Labute approximate surface area is 184 Å². The first kappa shape index (κ1) is 20.8. The van der Waals surface area contributed by atoms with Crippen molar-refractivity contribution in [2.24, 2.45) is 0 Å². The lowest BCUT2D eigenvalue weighted by Crippen LogP contribution is -2.08. The molecule has 0 aliphatic heterocycles. The van der Waals surface area contributed by atoms with E-state index in [0.717, 1.165) is 10.2 Å². The first-order valence-electron chi connectivity index (χ1n) is 8.52. The van der Waals surface area contributed by atoms with E-state index < -0.39 is 0 Å². The number of nitrogens with one attached hydrogen (secondary N) is 2. The average Bonchev–Trinajstić information content (AvgIpc) is 2.72. The van der Waals surface area contributed by atoms with Crippen LogP contribution in [-0.4, -0.2) is 23.3 Å². The fourth-order valence-electron chi connectivity index (χ4n) is 2.76. The number of methoxy groups -OCH3 is 1. The maximum atomic E-state index is 12.1. The molecule has 0 unspecified atom stereocenters. The normalized spacial score (nSPS) is 10.7. The number of nitrogens with zero attached hydrogens (tertiary/aromatic N) is 2. The van der Waals surface area contributed by atoms with Crippen molar-refractivity contribution in [3.05, 3.63) is 64.8 Å². The summed E-state index contributed by atoms with van der Waals surface area (Å²) in [4.78, 5) is 16.5. The van der Waals surface area contributed by atoms with Crippen molar-refractivity contribution in [2.45, 2.75) is 0 Å². The zero-order valence-corrected chi connectivity index (χ0v) is 18.5. The first-order chi connectivity index (χ1) is 14.0. The van der Waals surface area contributed by atoms with Crippen LogP contribution in [-0.2, 0) is 4.79 Å². The number of halogens is 2. The number of allylic oxidation sites excluding steroid dienone is 1. The molecule has 146 valence electrons. The lowest BCUT2D eigenvalue weighted by Gasteiger charge is -2.15. The van der Waals surface area contributed by atoms with E-state index >= 15 is 0 Å². The van der Waals surface area contributed by atoms with Crippen LogP contribution >= 0.6 is 31.9 Å². The zero-order valence-electron chi connectivity index (χ0n) is 15.4. The van der Waals surface area contributed by atoms with Crippen LogP contribution in [0.5, 0.6) is 5.75 Å². The van der Waals surface area contributed by atoms with Crippen LogP contribution in [0.1, 0.15) is 5.56 Å². The van der Waals surface area contributed by atoms with Crippen molar-refractivity contribution in [3.8, 4) is 11.8 Å². The summed E-state index contributed by atoms with van der Waals surface area (Å²) in [5, 5.41) is 16.9. The number of amides is 1. The van der Waals surface area contributed by atoms with Crippen LogP contribution in [0.2, 0.25) is 0 Å². The van der Waals surface area contributed by atoms with Gasteiger partial charge in [0.2, 0.25) is 5.91 Å². The summed E-state index contributed by atoms with van der Waals surface area (Å²) in [6, 6.07) is 13.2. The fraction of sp³-hybridized carbons (Fsp3) is 0.0952. The molecule has 8 heteroatoms. The Morgan fingerprint density at radius 3 is 2.83 bits per heavy atom. The molecule has 3 rings (SSSR count). The number of carbonyl (C=O) groups is 1. The number of rotatable bonds is 6. The van der Waals surface area contributed by atoms with Crippen molar-refractivity contribution >= 4 is 65.7 Å². The van der Waals surface area contributed by atoms with E-state index in [1.54, 1.807) is 18.2 Å². The summed E-state index contributed by atoms with van der Waals surface area (Å²) >= 11 is 6.69. The van der Waals surface area contributed by atoms with Crippen molar-refractivity contribution in [3.63, 3.8) is 0 Å². The summed E-state index contributed by atoms with van der Waals surface area (Å²) in [5.41, 5.74) is 2.88. The topological polar surface area (TPSA) is 87.0 Å². The number of carbonyl (C=O) groups excluding carboxylic acids is 1. The quantitative estimate of drug-likeness (QED) is 0.334. The molecule has 0 fully saturated rings. The highest BCUT2D eigenvalue weighted by molar-refractivity contribution is 9.10. The number of hydrogen-bond donors (Lipinski definition) is 2. The standard InChI is InChI=1S/C21H16Br2N4O2/c1-29-18-10-16(26-19(28)6-3-7-22)9-17-20(13(11-24)12-25-21(17)18)27-15-5-2-4-14(23)8-15/h2-6,8-10,12H,7H2,1H3,(H,25,27)(H,26,28)/b6-3+. The lowest BCUT2D eigenvalue weighted by molar-refractivity contribution is -0.111. The molecule has 0 radical (unpaired) electrons. The summed E-state index contributed by atoms with van der Waals surface area (Å²) in [6.07, 6.45) is 4.64. The van der Waals surface area contributed by atoms with E-state index in [2.05, 4.69) is 53.5 Å². The second kappa shape index (κ2) is 9.54. The highest BCUT2D eigenvalue weighted by Crippen LogP contribution is 2.36. The highest BCUT2D eigenvalue weighted by atomic mass is 79.9. The number of nitriles is 1. The number of hydrogen-bond acceptors (Lipinski definition) is 5. The third kappa shape index (κ3) is 4.94. The second-order valence-corrected chi connectivity index (χ2v) is 7.48. The van der Waals surface area contributed by atoms with Crippen molar-refractivity contribution < 1.29 is 9.53 Å². The molecule has 1 amide bonds. The molecule has 0 atom stereocenters. The maximum absolute atomic E-state index is 12.1. The predicted molar refractivity (Wildman–Crippen MR) is 122 cm³/mol. The molecule has 0 saturated heterocycles. The molecule has 29 heavy (non-hydrogen) atoms. The predicted octanol–water partition coefficient (Wildman–Crippen LogP) is 5.51. The summed E-state index contributed by atoms with van der Waals surface area (Å²) in [7, 11) is 1.53. The molecule has 2 aromatic carbocycles. The van der Waals surface area contributed by atoms with Gasteiger partial charge >= 0.3 is 0 Å². The van der Waals surface area contributed by atoms with Gasteiger partial charge in [0.15, 0.2) is 0 Å². The minimum Gasteiger partial charge on any atom is -0.494 e. The van der Waals surface area contributed by atoms with E-state index in [1.165, 1.54) is 19.4 Å². The third-order valence-electron chi connectivity index (χ3n) is 4.00. The van der Waals surface area contributed by atoms with E-state index in [9.17, 15) is 10.1 Å². The molecule has 0 aliphatic rings. The maximum Gasteiger partial charge on any atom is 0.248 e. The zero-order chi connectivity index (χ0) is 20.8. The Balaban J connectivity index is 2.14. The van der Waals surface area contributed by atoms with Crippen LogP contribution in [0.3, 0.4) is 0 Å². The fourth-order valence-corrected chi connectivity index (χ4v) is 3.35. The van der Waals surface area contributed by atoms with Gasteiger partial charge in [-0.05, 0) is 24.3 Å². The van der Waals surface area contributed by atoms with Gasteiger partial charge in [0, 0.05) is 44.9 Å². The summed E-state index contributed by atoms with van der Waals surface area (Å²) in [6.45, 7) is 0. The van der Waals surface area contributed by atoms with Gasteiger partial charge in [-0.3, -0.25) is 9.78 Å². The second-order valence-electron chi connectivity index (χ2n) is 5.91. The van der Waals surface area contributed by atoms with Gasteiger partial charge in [-0.2, -0.15) is 5.26 Å². The number of ether oxygens (including phenoxy) is 1. The molecular weight excluding hydrogens is 500 g/mol. The van der Waals surface area contributed by atoms with Gasteiger partial charge in [-0.25, -0.2) is 0 Å². The molecule has 0 saturated carbocycles. The lowest BCUT2D eigenvalue weighted by atomic mass is 10.1. The van der Waals surface area contributed by atoms with Crippen molar-refractivity contribution in [1.82, 2.24) is 4.98 Å². The Kier molecular flexibility index (Phi) is 6.86. The summed E-state index contributed by atoms with van der Waals surface area (Å²) in [5.74, 6) is 0.223. The molecule has 1 heterocycles. The van der Waals surface area contributed by atoms with Crippen LogP contribution in [0.15, 0.2) is 59.2 Å². The van der Waals surface area contributed by atoms with Gasteiger partial charge < -0.3 is 15.4 Å². The molecule has 0 aliphatic carbocycles. The van der Waals surface area contributed by atoms with E-state index in [-0.39, 0.29) is 5.91 Å². The van der Waals surface area contributed by atoms with Crippen LogP contribution < -0.4 is 15.4 Å². The number of pyridine rings is 1. The van der Waals surface area contributed by atoms with Crippen molar-refractivity contribution in [2.75, 3.05) is 23.1 Å². The number of fused-ring (bicyclic) bond motifs is 1. The number of alkyl halides is 1. The van der Waals surface area contributed by atoms with E-state index in [4.69, 9.17) is 4.74 Å². The Morgan fingerprint density at radius 2 is 2.14 bits per heavy atom. The Morgan fingerprint density at radius 1 is 1.31 bits per heavy atom.